The SMILES string of the molecule is CC1(COC=C2CCCC2)CCCCS1=O. The van der Waals surface area contributed by atoms with E-state index in [2.05, 4.69) is 6.92 Å². The maximum atomic E-state index is 12.0. The van der Waals surface area contributed by atoms with Gasteiger partial charge in [-0.25, -0.2) is 0 Å². The van der Waals surface area contributed by atoms with Gasteiger partial charge in [-0.1, -0.05) is 6.42 Å². The third-order valence-electron chi connectivity index (χ3n) is 3.72. The summed E-state index contributed by atoms with van der Waals surface area (Å²) in [7, 11) is -0.701. The van der Waals surface area contributed by atoms with Crippen molar-refractivity contribution in [3.8, 4) is 0 Å². The van der Waals surface area contributed by atoms with Crippen molar-refractivity contribution in [1.82, 2.24) is 0 Å². The minimum atomic E-state index is -0.701. The monoisotopic (exact) mass is 242 g/mol. The molecule has 2 rings (SSSR count). The van der Waals surface area contributed by atoms with Gasteiger partial charge in [0.2, 0.25) is 0 Å². The summed E-state index contributed by atoms with van der Waals surface area (Å²) in [5.41, 5.74) is 1.44. The molecule has 2 fully saturated rings. The number of rotatable bonds is 3. The Kier molecular flexibility index (Phi) is 4.06. The molecule has 0 radical (unpaired) electrons. The molecular weight excluding hydrogens is 220 g/mol. The van der Waals surface area contributed by atoms with Crippen molar-refractivity contribution in [2.75, 3.05) is 12.4 Å². The van der Waals surface area contributed by atoms with Crippen LogP contribution >= 0.6 is 0 Å². The van der Waals surface area contributed by atoms with E-state index in [0.29, 0.717) is 6.61 Å². The van der Waals surface area contributed by atoms with Gasteiger partial charge < -0.3 is 4.74 Å². The predicted octanol–water partition coefficient (Wildman–Crippen LogP) is 3.15. The average molecular weight is 242 g/mol. The van der Waals surface area contributed by atoms with E-state index in [0.717, 1.165) is 18.6 Å². The fourth-order valence-electron chi connectivity index (χ4n) is 2.51. The van der Waals surface area contributed by atoms with Crippen LogP contribution in [0.5, 0.6) is 0 Å². The van der Waals surface area contributed by atoms with Crippen molar-refractivity contribution in [1.29, 1.82) is 0 Å². The van der Waals surface area contributed by atoms with Gasteiger partial charge >= 0.3 is 0 Å². The largest absolute Gasteiger partial charge is 0.500 e. The van der Waals surface area contributed by atoms with Crippen molar-refractivity contribution >= 4 is 10.8 Å². The van der Waals surface area contributed by atoms with Crippen LogP contribution in [-0.2, 0) is 15.5 Å². The van der Waals surface area contributed by atoms with Gasteiger partial charge in [-0.3, -0.25) is 4.21 Å². The Hall–Kier alpha value is -0.310. The molecule has 0 amide bonds. The van der Waals surface area contributed by atoms with Gasteiger partial charge in [0.25, 0.3) is 0 Å². The van der Waals surface area contributed by atoms with E-state index >= 15 is 0 Å². The molecule has 0 aromatic heterocycles. The van der Waals surface area contributed by atoms with Gasteiger partial charge in [-0.15, -0.1) is 0 Å². The van der Waals surface area contributed by atoms with Crippen LogP contribution in [-0.4, -0.2) is 21.3 Å². The molecule has 16 heavy (non-hydrogen) atoms. The summed E-state index contributed by atoms with van der Waals surface area (Å²) in [6, 6.07) is 0. The Morgan fingerprint density at radius 3 is 2.75 bits per heavy atom. The highest BCUT2D eigenvalue weighted by atomic mass is 32.2. The van der Waals surface area contributed by atoms with E-state index in [4.69, 9.17) is 4.74 Å². The van der Waals surface area contributed by atoms with Gasteiger partial charge in [0.15, 0.2) is 0 Å². The maximum absolute atomic E-state index is 12.0. The highest BCUT2D eigenvalue weighted by molar-refractivity contribution is 7.86. The molecule has 1 aliphatic carbocycles. The normalized spacial score (nSPS) is 35.1. The Bertz CT molecular complexity index is 290. The van der Waals surface area contributed by atoms with E-state index in [9.17, 15) is 4.21 Å². The van der Waals surface area contributed by atoms with Crippen molar-refractivity contribution in [2.24, 2.45) is 0 Å². The quantitative estimate of drug-likeness (QED) is 0.711. The second kappa shape index (κ2) is 5.35. The van der Waals surface area contributed by atoms with Crippen molar-refractivity contribution in [2.45, 2.75) is 56.6 Å². The summed E-state index contributed by atoms with van der Waals surface area (Å²) >= 11 is 0. The topological polar surface area (TPSA) is 26.3 Å². The second-order valence-corrected chi connectivity index (χ2v) is 7.34. The summed E-state index contributed by atoms with van der Waals surface area (Å²) in [4.78, 5) is 0. The maximum Gasteiger partial charge on any atom is 0.104 e. The van der Waals surface area contributed by atoms with E-state index in [1.807, 2.05) is 6.26 Å². The first kappa shape index (κ1) is 12.2. The molecule has 1 saturated heterocycles. The molecule has 2 atom stereocenters. The van der Waals surface area contributed by atoms with Crippen LogP contribution in [0.15, 0.2) is 11.8 Å². The fraction of sp³-hybridized carbons (Fsp3) is 0.846. The fourth-order valence-corrected chi connectivity index (χ4v) is 4.04. The second-order valence-electron chi connectivity index (χ2n) is 5.25. The van der Waals surface area contributed by atoms with Gasteiger partial charge in [0, 0.05) is 16.6 Å². The molecule has 1 saturated carbocycles. The van der Waals surface area contributed by atoms with Crippen molar-refractivity contribution in [3.05, 3.63) is 11.8 Å². The van der Waals surface area contributed by atoms with Crippen LogP contribution in [0.4, 0.5) is 0 Å². The zero-order chi connectivity index (χ0) is 11.4. The van der Waals surface area contributed by atoms with Gasteiger partial charge in [0.05, 0.1) is 11.0 Å². The lowest BCUT2D eigenvalue weighted by Crippen LogP contribution is -2.39. The average Bonchev–Trinajstić information content (AvgIpc) is 2.76. The molecular formula is C13H22O2S. The highest BCUT2D eigenvalue weighted by Gasteiger charge is 2.34. The molecule has 0 bridgehead atoms. The standard InChI is InChI=1S/C13H22O2S/c1-13(8-4-5-9-16(13)14)11-15-10-12-6-2-3-7-12/h10H,2-9,11H2,1H3. The molecule has 2 aliphatic rings. The molecule has 0 aromatic rings. The molecule has 0 aromatic carbocycles. The summed E-state index contributed by atoms with van der Waals surface area (Å²) in [5, 5.41) is 0. The number of hydrogen-bond acceptors (Lipinski definition) is 2. The lowest BCUT2D eigenvalue weighted by atomic mass is 10.0. The Labute approximate surface area is 101 Å². The van der Waals surface area contributed by atoms with Crippen LogP contribution in [0.2, 0.25) is 0 Å². The molecule has 1 aliphatic heterocycles. The summed E-state index contributed by atoms with van der Waals surface area (Å²) in [6.07, 6.45) is 10.3. The molecule has 0 spiro atoms. The summed E-state index contributed by atoms with van der Waals surface area (Å²) < 4.78 is 17.5. The van der Waals surface area contributed by atoms with Crippen LogP contribution in [0.3, 0.4) is 0 Å². The summed E-state index contributed by atoms with van der Waals surface area (Å²) in [6.45, 7) is 2.73. The zero-order valence-corrected chi connectivity index (χ0v) is 11.0. The Balaban J connectivity index is 1.83. The smallest absolute Gasteiger partial charge is 0.104 e. The molecule has 92 valence electrons. The van der Waals surface area contributed by atoms with Gasteiger partial charge in [-0.2, -0.15) is 0 Å². The number of allylic oxidation sites excluding steroid dienone is 1. The van der Waals surface area contributed by atoms with E-state index in [1.54, 1.807) is 0 Å². The first-order valence-corrected chi connectivity index (χ1v) is 7.71. The van der Waals surface area contributed by atoms with Crippen LogP contribution in [0.25, 0.3) is 0 Å². The lowest BCUT2D eigenvalue weighted by molar-refractivity contribution is 0.204. The third kappa shape index (κ3) is 2.88. The van der Waals surface area contributed by atoms with Gasteiger partial charge in [-0.05, 0) is 51.0 Å². The highest BCUT2D eigenvalue weighted by Crippen LogP contribution is 2.29. The molecule has 0 N–H and O–H groups in total. The number of ether oxygens (including phenoxy) is 1. The van der Waals surface area contributed by atoms with E-state index in [1.165, 1.54) is 37.7 Å². The minimum absolute atomic E-state index is 0.103. The van der Waals surface area contributed by atoms with E-state index in [-0.39, 0.29) is 4.75 Å². The van der Waals surface area contributed by atoms with Gasteiger partial charge in [0.1, 0.15) is 6.61 Å². The predicted molar refractivity (Wildman–Crippen MR) is 67.8 cm³/mol. The van der Waals surface area contributed by atoms with Crippen LogP contribution in [0, 0.1) is 0 Å². The Morgan fingerprint density at radius 1 is 1.31 bits per heavy atom. The molecule has 3 heteroatoms. The molecule has 1 heterocycles. The number of hydrogen-bond donors (Lipinski definition) is 0. The van der Waals surface area contributed by atoms with Crippen LogP contribution < -0.4 is 0 Å². The third-order valence-corrected chi connectivity index (χ3v) is 5.80. The minimum Gasteiger partial charge on any atom is -0.500 e. The first-order chi connectivity index (χ1) is 7.71. The Morgan fingerprint density at radius 2 is 2.06 bits per heavy atom. The summed E-state index contributed by atoms with van der Waals surface area (Å²) in [5.74, 6) is 0.858. The molecule has 2 nitrogen and oxygen atoms in total. The van der Waals surface area contributed by atoms with Crippen LogP contribution in [0.1, 0.15) is 51.9 Å². The van der Waals surface area contributed by atoms with Crippen molar-refractivity contribution < 1.29 is 8.95 Å². The first-order valence-electron chi connectivity index (χ1n) is 6.39. The zero-order valence-electron chi connectivity index (χ0n) is 10.2. The lowest BCUT2D eigenvalue weighted by Gasteiger charge is -2.31. The molecule has 2 unspecified atom stereocenters. The van der Waals surface area contributed by atoms with E-state index < -0.39 is 10.8 Å². The van der Waals surface area contributed by atoms with Crippen molar-refractivity contribution in [3.63, 3.8) is 0 Å².